The maximum atomic E-state index is 13.6. The molecule has 46 heavy (non-hydrogen) atoms. The van der Waals surface area contributed by atoms with E-state index in [1.807, 2.05) is 45.0 Å². The number of urea groups is 1. The zero-order valence-corrected chi connectivity index (χ0v) is 27.5. The number of nitrogens with one attached hydrogen (secondary N) is 1. The third-order valence-electron chi connectivity index (χ3n) is 7.19. The number of fused-ring (bicyclic) bond motifs is 1. The molecule has 0 unspecified atom stereocenters. The van der Waals surface area contributed by atoms with Gasteiger partial charge in [-0.1, -0.05) is 55.5 Å². The summed E-state index contributed by atoms with van der Waals surface area (Å²) in [6, 6.07) is 22.0. The molecule has 0 atom stereocenters. The Morgan fingerprint density at radius 3 is 2.35 bits per heavy atom. The standard InChI is InChI=1S/C36H35BrN2O7/c1-4-16-45-30-15-14-23(19-31(30)43-5-2)21-39-35(41)28(34(40)38-36(39)42)17-24-18-29(37)33(32(20-24)44-6-3)46-22-26-12-9-11-25-10-7-8-13-27(25)26/h7-15,17-20H,4-6,16,21-22H2,1-3H3,(H,38,40,42)/b28-17+. The first-order valence-electron chi connectivity index (χ1n) is 15.2. The Bertz CT molecular complexity index is 1800. The molecule has 1 fully saturated rings. The van der Waals surface area contributed by atoms with E-state index in [9.17, 15) is 14.4 Å². The van der Waals surface area contributed by atoms with Crippen LogP contribution in [0.1, 0.15) is 43.9 Å². The number of nitrogens with zero attached hydrogens (tertiary/aromatic N) is 1. The van der Waals surface area contributed by atoms with E-state index < -0.39 is 17.8 Å². The molecule has 1 N–H and O–H groups in total. The van der Waals surface area contributed by atoms with E-state index in [1.165, 1.54) is 6.08 Å². The fourth-order valence-electron chi connectivity index (χ4n) is 5.08. The Balaban J connectivity index is 1.39. The second-order valence-electron chi connectivity index (χ2n) is 10.5. The predicted molar refractivity (Wildman–Crippen MR) is 179 cm³/mol. The van der Waals surface area contributed by atoms with E-state index in [1.54, 1.807) is 30.3 Å². The molecule has 4 aromatic rings. The molecule has 1 saturated heterocycles. The van der Waals surface area contributed by atoms with Crippen LogP contribution < -0.4 is 24.3 Å². The van der Waals surface area contributed by atoms with Gasteiger partial charge in [-0.2, -0.15) is 0 Å². The monoisotopic (exact) mass is 686 g/mol. The van der Waals surface area contributed by atoms with Crippen LogP contribution in [0.3, 0.4) is 0 Å². The van der Waals surface area contributed by atoms with E-state index in [0.717, 1.165) is 27.7 Å². The number of barbiturate groups is 1. The van der Waals surface area contributed by atoms with Crippen LogP contribution in [0.2, 0.25) is 0 Å². The Labute approximate surface area is 276 Å². The van der Waals surface area contributed by atoms with E-state index in [4.69, 9.17) is 18.9 Å². The van der Waals surface area contributed by atoms with Crippen molar-refractivity contribution in [1.29, 1.82) is 0 Å². The highest BCUT2D eigenvalue weighted by molar-refractivity contribution is 9.10. The number of hydrogen-bond donors (Lipinski definition) is 1. The fourth-order valence-corrected chi connectivity index (χ4v) is 5.65. The number of carbonyl (C=O) groups excluding carboxylic acids is 3. The van der Waals surface area contributed by atoms with E-state index >= 15 is 0 Å². The van der Waals surface area contributed by atoms with Crippen molar-refractivity contribution in [3.05, 3.63) is 99.5 Å². The van der Waals surface area contributed by atoms with Crippen LogP contribution >= 0.6 is 15.9 Å². The van der Waals surface area contributed by atoms with Crippen LogP contribution in [0.4, 0.5) is 4.79 Å². The molecule has 0 radical (unpaired) electrons. The summed E-state index contributed by atoms with van der Waals surface area (Å²) in [5.41, 5.74) is 1.98. The molecule has 5 rings (SSSR count). The van der Waals surface area contributed by atoms with Crippen molar-refractivity contribution >= 4 is 50.6 Å². The van der Waals surface area contributed by atoms with Gasteiger partial charge in [0.05, 0.1) is 30.8 Å². The summed E-state index contributed by atoms with van der Waals surface area (Å²) < 4.78 is 24.2. The summed E-state index contributed by atoms with van der Waals surface area (Å²) in [7, 11) is 0. The molecule has 1 aliphatic rings. The zero-order valence-electron chi connectivity index (χ0n) is 25.9. The highest BCUT2D eigenvalue weighted by Crippen LogP contribution is 2.39. The average molecular weight is 688 g/mol. The molecule has 10 heteroatoms. The number of carbonyl (C=O) groups is 3. The Kier molecular flexibility index (Phi) is 10.6. The molecular formula is C36H35BrN2O7. The molecule has 0 aromatic heterocycles. The van der Waals surface area contributed by atoms with Gasteiger partial charge < -0.3 is 18.9 Å². The molecule has 0 saturated carbocycles. The van der Waals surface area contributed by atoms with Crippen LogP contribution in [-0.4, -0.2) is 42.6 Å². The maximum absolute atomic E-state index is 13.6. The number of rotatable bonds is 13. The normalized spacial score (nSPS) is 14.0. The maximum Gasteiger partial charge on any atom is 0.331 e. The number of imide groups is 2. The van der Waals surface area contributed by atoms with Gasteiger partial charge in [-0.3, -0.25) is 19.8 Å². The average Bonchev–Trinajstić information content (AvgIpc) is 3.04. The van der Waals surface area contributed by atoms with Gasteiger partial charge in [0, 0.05) is 0 Å². The van der Waals surface area contributed by atoms with Gasteiger partial charge in [0.25, 0.3) is 11.8 Å². The van der Waals surface area contributed by atoms with Gasteiger partial charge in [0.2, 0.25) is 0 Å². The van der Waals surface area contributed by atoms with Crippen LogP contribution in [0.25, 0.3) is 16.8 Å². The molecule has 0 spiro atoms. The van der Waals surface area contributed by atoms with Gasteiger partial charge in [-0.05, 0) is 94.0 Å². The number of amides is 4. The van der Waals surface area contributed by atoms with Crippen molar-refractivity contribution in [2.24, 2.45) is 0 Å². The molecule has 4 amide bonds. The summed E-state index contributed by atoms with van der Waals surface area (Å²) in [6.07, 6.45) is 2.27. The Hall–Kier alpha value is -4.83. The van der Waals surface area contributed by atoms with Crippen molar-refractivity contribution in [3.63, 3.8) is 0 Å². The van der Waals surface area contributed by atoms with E-state index in [-0.39, 0.29) is 12.1 Å². The second-order valence-corrected chi connectivity index (χ2v) is 11.3. The molecule has 9 nitrogen and oxygen atoms in total. The van der Waals surface area contributed by atoms with Gasteiger partial charge in [0.15, 0.2) is 23.0 Å². The first kappa shape index (κ1) is 32.6. The van der Waals surface area contributed by atoms with E-state index in [0.29, 0.717) is 65.0 Å². The Morgan fingerprint density at radius 2 is 1.57 bits per heavy atom. The lowest BCUT2D eigenvalue weighted by molar-refractivity contribution is -0.130. The minimum absolute atomic E-state index is 0.0712. The first-order valence-corrected chi connectivity index (χ1v) is 15.9. The number of hydrogen-bond acceptors (Lipinski definition) is 7. The predicted octanol–water partition coefficient (Wildman–Crippen LogP) is 7.43. The lowest BCUT2D eigenvalue weighted by Crippen LogP contribution is -2.53. The number of benzene rings is 4. The highest BCUT2D eigenvalue weighted by Gasteiger charge is 2.36. The largest absolute Gasteiger partial charge is 0.490 e. The van der Waals surface area contributed by atoms with Crippen molar-refractivity contribution in [3.8, 4) is 23.0 Å². The van der Waals surface area contributed by atoms with Crippen LogP contribution in [0.15, 0.2) is 82.8 Å². The summed E-state index contributed by atoms with van der Waals surface area (Å²) in [5, 5.41) is 4.49. The second kappa shape index (κ2) is 15.0. The summed E-state index contributed by atoms with van der Waals surface area (Å²) in [4.78, 5) is 40.2. The molecular weight excluding hydrogens is 652 g/mol. The Morgan fingerprint density at radius 1 is 0.804 bits per heavy atom. The lowest BCUT2D eigenvalue weighted by Gasteiger charge is -2.26. The molecule has 1 heterocycles. The van der Waals surface area contributed by atoms with Gasteiger partial charge in [-0.15, -0.1) is 0 Å². The molecule has 238 valence electrons. The van der Waals surface area contributed by atoms with Gasteiger partial charge >= 0.3 is 6.03 Å². The third kappa shape index (κ3) is 7.34. The van der Waals surface area contributed by atoms with Crippen LogP contribution in [0.5, 0.6) is 23.0 Å². The van der Waals surface area contributed by atoms with Gasteiger partial charge in [0.1, 0.15) is 12.2 Å². The van der Waals surface area contributed by atoms with Crippen LogP contribution in [0, 0.1) is 0 Å². The topological polar surface area (TPSA) is 103 Å². The van der Waals surface area contributed by atoms with Crippen LogP contribution in [-0.2, 0) is 22.7 Å². The summed E-state index contributed by atoms with van der Waals surface area (Å²) >= 11 is 3.59. The SMILES string of the molecule is CCCOc1ccc(CN2C(=O)NC(=O)/C(=C\c3cc(Br)c(OCc4cccc5ccccc45)c(OCC)c3)C2=O)cc1OCC. The summed E-state index contributed by atoms with van der Waals surface area (Å²) in [6.45, 7) is 7.27. The minimum Gasteiger partial charge on any atom is -0.490 e. The number of ether oxygens (including phenoxy) is 4. The smallest absolute Gasteiger partial charge is 0.331 e. The van der Waals surface area contributed by atoms with Crippen molar-refractivity contribution in [2.75, 3.05) is 19.8 Å². The minimum atomic E-state index is -0.801. The highest BCUT2D eigenvalue weighted by atomic mass is 79.9. The molecule has 4 aromatic carbocycles. The summed E-state index contributed by atoms with van der Waals surface area (Å²) in [5.74, 6) is 0.524. The van der Waals surface area contributed by atoms with Crippen molar-refractivity contribution < 1.29 is 33.3 Å². The molecule has 1 aliphatic heterocycles. The zero-order chi connectivity index (χ0) is 32.6. The molecule has 0 bridgehead atoms. The van der Waals surface area contributed by atoms with Gasteiger partial charge in [-0.25, -0.2) is 4.79 Å². The van der Waals surface area contributed by atoms with Crippen molar-refractivity contribution in [1.82, 2.24) is 10.2 Å². The first-order chi connectivity index (χ1) is 22.3. The molecule has 0 aliphatic carbocycles. The number of halogens is 1. The fraction of sp³-hybridized carbons (Fsp3) is 0.250. The van der Waals surface area contributed by atoms with Crippen molar-refractivity contribution in [2.45, 2.75) is 40.3 Å². The van der Waals surface area contributed by atoms with E-state index in [2.05, 4.69) is 39.4 Å². The lowest BCUT2D eigenvalue weighted by atomic mass is 10.1. The quantitative estimate of drug-likeness (QED) is 0.115. The third-order valence-corrected chi connectivity index (χ3v) is 7.78.